The number of aliphatic hydroxyl groups excluding tert-OH is 1. The van der Waals surface area contributed by atoms with Gasteiger partial charge < -0.3 is 20.1 Å². The lowest BCUT2D eigenvalue weighted by atomic mass is 10.1. The minimum Gasteiger partial charge on any atom is -0.491 e. The van der Waals surface area contributed by atoms with E-state index in [9.17, 15) is 5.11 Å². The van der Waals surface area contributed by atoms with Crippen molar-refractivity contribution in [2.24, 2.45) is 4.99 Å². The van der Waals surface area contributed by atoms with Gasteiger partial charge in [0.15, 0.2) is 5.96 Å². The molecule has 1 fully saturated rings. The van der Waals surface area contributed by atoms with Crippen molar-refractivity contribution in [3.8, 4) is 5.75 Å². The third-order valence-corrected chi connectivity index (χ3v) is 3.81. The van der Waals surface area contributed by atoms with E-state index < -0.39 is 0 Å². The van der Waals surface area contributed by atoms with Gasteiger partial charge in [0, 0.05) is 19.6 Å². The topological polar surface area (TPSA) is 57.1 Å². The van der Waals surface area contributed by atoms with Gasteiger partial charge in [-0.25, -0.2) is 4.99 Å². The van der Waals surface area contributed by atoms with Gasteiger partial charge in [-0.2, -0.15) is 0 Å². The number of aryl methyl sites for hydroxylation is 2. The molecule has 1 heterocycles. The maximum Gasteiger partial charge on any atom is 0.194 e. The van der Waals surface area contributed by atoms with Crippen LogP contribution in [0.3, 0.4) is 0 Å². The molecule has 0 radical (unpaired) electrons. The first-order valence-electron chi connectivity index (χ1n) is 8.02. The molecular formula is C17H28IN3O2. The summed E-state index contributed by atoms with van der Waals surface area (Å²) in [5.74, 6) is 1.82. The second-order valence-electron chi connectivity index (χ2n) is 5.69. The smallest absolute Gasteiger partial charge is 0.194 e. The molecule has 0 bridgehead atoms. The number of guanidine groups is 1. The molecule has 1 aliphatic rings. The summed E-state index contributed by atoms with van der Waals surface area (Å²) < 4.78 is 5.88. The highest BCUT2D eigenvalue weighted by atomic mass is 127. The van der Waals surface area contributed by atoms with Gasteiger partial charge >= 0.3 is 0 Å². The molecular weight excluding hydrogens is 405 g/mol. The summed E-state index contributed by atoms with van der Waals surface area (Å²) in [6.45, 7) is 9.65. The molecule has 23 heavy (non-hydrogen) atoms. The summed E-state index contributed by atoms with van der Waals surface area (Å²) in [7, 11) is 0. The van der Waals surface area contributed by atoms with Crippen LogP contribution in [0.2, 0.25) is 0 Å². The van der Waals surface area contributed by atoms with E-state index in [0.717, 1.165) is 42.3 Å². The van der Waals surface area contributed by atoms with Crippen LogP contribution >= 0.6 is 24.0 Å². The second kappa shape index (κ2) is 9.97. The van der Waals surface area contributed by atoms with Crippen LogP contribution in [0.25, 0.3) is 0 Å². The highest BCUT2D eigenvalue weighted by Gasteiger charge is 2.22. The average molecular weight is 433 g/mol. The second-order valence-corrected chi connectivity index (χ2v) is 5.69. The van der Waals surface area contributed by atoms with Crippen molar-refractivity contribution in [2.45, 2.75) is 33.3 Å². The molecule has 5 nitrogen and oxygen atoms in total. The van der Waals surface area contributed by atoms with Crippen LogP contribution in [0, 0.1) is 13.8 Å². The maximum absolute atomic E-state index is 9.65. The van der Waals surface area contributed by atoms with E-state index in [-0.39, 0.29) is 30.1 Å². The minimum atomic E-state index is -0.241. The Labute approximate surface area is 156 Å². The molecule has 0 unspecified atom stereocenters. The van der Waals surface area contributed by atoms with Gasteiger partial charge in [0.2, 0.25) is 0 Å². The molecule has 0 spiro atoms. The van der Waals surface area contributed by atoms with Crippen molar-refractivity contribution < 1.29 is 9.84 Å². The van der Waals surface area contributed by atoms with Gasteiger partial charge in [-0.3, -0.25) is 0 Å². The molecule has 2 N–H and O–H groups in total. The molecule has 1 aromatic rings. The third-order valence-electron chi connectivity index (χ3n) is 3.81. The van der Waals surface area contributed by atoms with Crippen LogP contribution in [0.15, 0.2) is 23.2 Å². The lowest BCUT2D eigenvalue weighted by Crippen LogP contribution is -2.40. The minimum absolute atomic E-state index is 0. The number of nitrogens with one attached hydrogen (secondary N) is 1. The summed E-state index contributed by atoms with van der Waals surface area (Å²) >= 11 is 0. The quantitative estimate of drug-likeness (QED) is 0.324. The Morgan fingerprint density at radius 3 is 2.65 bits per heavy atom. The van der Waals surface area contributed by atoms with Gasteiger partial charge in [0.05, 0.1) is 12.6 Å². The molecule has 0 aliphatic carbocycles. The molecule has 130 valence electrons. The monoisotopic (exact) mass is 433 g/mol. The zero-order valence-corrected chi connectivity index (χ0v) is 16.5. The Kier molecular flexibility index (Phi) is 8.68. The highest BCUT2D eigenvalue weighted by Crippen LogP contribution is 2.22. The van der Waals surface area contributed by atoms with Crippen LogP contribution in [-0.4, -0.2) is 54.9 Å². The summed E-state index contributed by atoms with van der Waals surface area (Å²) in [6.07, 6.45) is 0.568. The standard InChI is InChI=1S/C17H27N3O2.HI/c1-4-18-17(20-10-8-15(21)12-20)19-9-11-22-16-13(2)6-5-7-14(16)3;/h5-7,15,21H,4,8-12H2,1-3H3,(H,18,19);1H/t15-;/m1./s1. The van der Waals surface area contributed by atoms with Gasteiger partial charge in [0.1, 0.15) is 12.4 Å². The first-order chi connectivity index (χ1) is 10.6. The third kappa shape index (κ3) is 5.84. The van der Waals surface area contributed by atoms with Crippen LogP contribution in [0.5, 0.6) is 5.75 Å². The number of β-amino-alcohol motifs (C(OH)–C–C–N with tert-alkyl or cyclic N) is 1. The van der Waals surface area contributed by atoms with E-state index in [1.165, 1.54) is 0 Å². The van der Waals surface area contributed by atoms with Crippen molar-refractivity contribution in [2.75, 3.05) is 32.8 Å². The highest BCUT2D eigenvalue weighted by molar-refractivity contribution is 14.0. The lowest BCUT2D eigenvalue weighted by Gasteiger charge is -2.21. The molecule has 1 saturated heterocycles. The Hall–Kier alpha value is -1.02. The molecule has 1 aromatic carbocycles. The fourth-order valence-corrected chi connectivity index (χ4v) is 2.69. The zero-order valence-electron chi connectivity index (χ0n) is 14.2. The van der Waals surface area contributed by atoms with Crippen LogP contribution in [-0.2, 0) is 0 Å². The number of para-hydroxylation sites is 1. The predicted octanol–water partition coefficient (Wildman–Crippen LogP) is 2.33. The number of hydrogen-bond donors (Lipinski definition) is 2. The number of aliphatic imine (C=N–C) groups is 1. The molecule has 1 atom stereocenters. The van der Waals surface area contributed by atoms with Crippen LogP contribution < -0.4 is 10.1 Å². The number of aliphatic hydroxyl groups is 1. The van der Waals surface area contributed by atoms with Crippen molar-refractivity contribution in [3.05, 3.63) is 29.3 Å². The Morgan fingerprint density at radius 1 is 1.39 bits per heavy atom. The molecule has 0 amide bonds. The first-order valence-corrected chi connectivity index (χ1v) is 8.02. The summed E-state index contributed by atoms with van der Waals surface area (Å²) in [4.78, 5) is 6.70. The number of hydrogen-bond acceptors (Lipinski definition) is 3. The molecule has 6 heteroatoms. The van der Waals surface area contributed by atoms with Crippen LogP contribution in [0.4, 0.5) is 0 Å². The van der Waals surface area contributed by atoms with Crippen molar-refractivity contribution in [1.82, 2.24) is 10.2 Å². The van der Waals surface area contributed by atoms with Gasteiger partial charge in [-0.1, -0.05) is 18.2 Å². The van der Waals surface area contributed by atoms with E-state index in [4.69, 9.17) is 4.74 Å². The van der Waals surface area contributed by atoms with Gasteiger partial charge in [0.25, 0.3) is 0 Å². The largest absolute Gasteiger partial charge is 0.491 e. The predicted molar refractivity (Wildman–Crippen MR) is 105 cm³/mol. The summed E-state index contributed by atoms with van der Waals surface area (Å²) in [6, 6.07) is 6.15. The zero-order chi connectivity index (χ0) is 15.9. The van der Waals surface area contributed by atoms with Crippen molar-refractivity contribution in [1.29, 1.82) is 0 Å². The van der Waals surface area contributed by atoms with Crippen molar-refractivity contribution >= 4 is 29.9 Å². The summed E-state index contributed by atoms with van der Waals surface area (Å²) in [5.41, 5.74) is 2.30. The average Bonchev–Trinajstić information content (AvgIpc) is 2.91. The Balaban J connectivity index is 0.00000264. The normalized spacial score (nSPS) is 17.8. The molecule has 2 rings (SSSR count). The van der Waals surface area contributed by atoms with E-state index >= 15 is 0 Å². The molecule has 0 aromatic heterocycles. The van der Waals surface area contributed by atoms with E-state index in [1.807, 2.05) is 6.07 Å². The Bertz CT molecular complexity index is 502. The van der Waals surface area contributed by atoms with Gasteiger partial charge in [-0.05, 0) is 38.3 Å². The van der Waals surface area contributed by atoms with E-state index in [2.05, 4.69) is 48.1 Å². The van der Waals surface area contributed by atoms with Crippen molar-refractivity contribution in [3.63, 3.8) is 0 Å². The Morgan fingerprint density at radius 2 is 2.09 bits per heavy atom. The van der Waals surface area contributed by atoms with Crippen LogP contribution in [0.1, 0.15) is 24.5 Å². The van der Waals surface area contributed by atoms with Gasteiger partial charge in [-0.15, -0.1) is 24.0 Å². The number of halogens is 1. The number of rotatable bonds is 5. The number of nitrogens with zero attached hydrogens (tertiary/aromatic N) is 2. The summed E-state index contributed by atoms with van der Waals surface area (Å²) in [5, 5.41) is 12.9. The number of benzene rings is 1. The van der Waals surface area contributed by atoms with E-state index in [0.29, 0.717) is 19.7 Å². The molecule has 0 saturated carbocycles. The molecule has 1 aliphatic heterocycles. The van der Waals surface area contributed by atoms with E-state index in [1.54, 1.807) is 0 Å². The lowest BCUT2D eigenvalue weighted by molar-refractivity contribution is 0.187. The number of likely N-dealkylation sites (tertiary alicyclic amines) is 1. The maximum atomic E-state index is 9.65. The first kappa shape index (κ1) is 20.0. The number of ether oxygens (including phenoxy) is 1. The fraction of sp³-hybridized carbons (Fsp3) is 0.588. The SMILES string of the molecule is CCNC(=NCCOc1c(C)cccc1C)N1CC[C@@H](O)C1.I. The fourth-order valence-electron chi connectivity index (χ4n) is 2.69.